The predicted molar refractivity (Wildman–Crippen MR) is 123 cm³/mol. The van der Waals surface area contributed by atoms with Gasteiger partial charge in [-0.15, -0.1) is 13.2 Å². The Bertz CT molecular complexity index is 1420. The van der Waals surface area contributed by atoms with E-state index in [2.05, 4.69) is 25.3 Å². The molecule has 0 bridgehead atoms. The van der Waals surface area contributed by atoms with Crippen molar-refractivity contribution in [3.8, 4) is 11.5 Å². The van der Waals surface area contributed by atoms with Gasteiger partial charge in [0.15, 0.2) is 0 Å². The summed E-state index contributed by atoms with van der Waals surface area (Å²) in [5.41, 5.74) is 2.19. The number of rotatable bonds is 6. The third-order valence-electron chi connectivity index (χ3n) is 5.05. The monoisotopic (exact) mass is 484 g/mol. The number of aromatic nitrogens is 2. The Morgan fingerprint density at radius 1 is 0.943 bits per heavy atom. The van der Waals surface area contributed by atoms with Gasteiger partial charge < -0.3 is 25.1 Å². The number of hydrogen-bond donors (Lipinski definition) is 3. The number of carbonyl (C=O) groups is 2. The van der Waals surface area contributed by atoms with Crippen LogP contribution in [0.1, 0.15) is 26.3 Å². The van der Waals surface area contributed by atoms with Gasteiger partial charge in [-0.1, -0.05) is 6.07 Å². The van der Waals surface area contributed by atoms with Gasteiger partial charge in [-0.25, -0.2) is 4.98 Å². The first-order chi connectivity index (χ1) is 16.6. The maximum absolute atomic E-state index is 12.9. The summed E-state index contributed by atoms with van der Waals surface area (Å²) in [6, 6.07) is 11.4. The highest BCUT2D eigenvalue weighted by Crippen LogP contribution is 2.29. The summed E-state index contributed by atoms with van der Waals surface area (Å²) in [5.74, 6) is -1.68. The van der Waals surface area contributed by atoms with Crippen LogP contribution in [0.5, 0.6) is 11.5 Å². The number of nitrogens with one attached hydrogen (secondary N) is 3. The molecule has 0 aliphatic heterocycles. The van der Waals surface area contributed by atoms with Gasteiger partial charge in [0.2, 0.25) is 0 Å². The number of ether oxygens (including phenoxy) is 2. The molecule has 2 aromatic heterocycles. The lowest BCUT2D eigenvalue weighted by atomic mass is 10.1. The molecule has 8 nitrogen and oxygen atoms in total. The van der Waals surface area contributed by atoms with E-state index in [1.807, 2.05) is 6.07 Å². The van der Waals surface area contributed by atoms with E-state index in [4.69, 9.17) is 4.74 Å². The number of benzene rings is 2. The lowest BCUT2D eigenvalue weighted by Gasteiger charge is -2.14. The number of methoxy groups -OCH3 is 1. The summed E-state index contributed by atoms with van der Waals surface area (Å²) in [6.45, 7) is 1.73. The number of fused-ring (bicyclic) bond motifs is 1. The molecule has 0 unspecified atom stereocenters. The van der Waals surface area contributed by atoms with E-state index in [1.54, 1.807) is 31.3 Å². The Balaban J connectivity index is 1.55. The molecule has 0 spiro atoms. The molecule has 0 radical (unpaired) electrons. The molecule has 180 valence electrons. The van der Waals surface area contributed by atoms with Crippen LogP contribution >= 0.6 is 0 Å². The number of nitrogens with zero attached hydrogens (tertiary/aromatic N) is 1. The Morgan fingerprint density at radius 3 is 2.43 bits per heavy atom. The van der Waals surface area contributed by atoms with Crippen molar-refractivity contribution in [2.75, 3.05) is 17.7 Å². The van der Waals surface area contributed by atoms with Crippen LogP contribution in [-0.4, -0.2) is 35.3 Å². The number of aryl methyl sites for hydroxylation is 1. The maximum Gasteiger partial charge on any atom is 0.573 e. The van der Waals surface area contributed by atoms with Crippen LogP contribution in [0.15, 0.2) is 60.9 Å². The normalized spacial score (nSPS) is 11.2. The van der Waals surface area contributed by atoms with E-state index in [0.717, 1.165) is 17.5 Å². The summed E-state index contributed by atoms with van der Waals surface area (Å²) in [7, 11) is 1.28. The number of anilines is 2. The molecule has 0 aliphatic carbocycles. The van der Waals surface area contributed by atoms with Gasteiger partial charge in [0.05, 0.1) is 24.6 Å². The topological polar surface area (TPSA) is 105 Å². The zero-order chi connectivity index (χ0) is 25.2. The van der Waals surface area contributed by atoms with Gasteiger partial charge in [0.25, 0.3) is 11.8 Å². The van der Waals surface area contributed by atoms with Crippen molar-refractivity contribution in [1.29, 1.82) is 0 Å². The largest absolute Gasteiger partial charge is 0.573 e. The number of H-pyrrole nitrogens is 1. The highest BCUT2D eigenvalue weighted by molar-refractivity contribution is 6.09. The predicted octanol–water partition coefficient (Wildman–Crippen LogP) is 5.28. The van der Waals surface area contributed by atoms with E-state index < -0.39 is 23.9 Å². The fourth-order valence-corrected chi connectivity index (χ4v) is 3.41. The van der Waals surface area contributed by atoms with E-state index >= 15 is 0 Å². The molecule has 0 fully saturated rings. The quantitative estimate of drug-likeness (QED) is 0.345. The van der Waals surface area contributed by atoms with Crippen LogP contribution < -0.4 is 20.1 Å². The van der Waals surface area contributed by atoms with Crippen molar-refractivity contribution in [3.63, 3.8) is 0 Å². The third kappa shape index (κ3) is 5.52. The first-order valence-corrected chi connectivity index (χ1v) is 10.2. The summed E-state index contributed by atoms with van der Waals surface area (Å²) in [5, 5.41) is 6.17. The molecule has 4 rings (SSSR count). The number of amides is 2. The minimum absolute atomic E-state index is 0.0507. The second-order valence-corrected chi connectivity index (χ2v) is 7.49. The van der Waals surface area contributed by atoms with Crippen molar-refractivity contribution in [2.45, 2.75) is 13.3 Å². The molecule has 0 aliphatic rings. The Kier molecular flexibility index (Phi) is 6.32. The van der Waals surface area contributed by atoms with Crippen molar-refractivity contribution >= 4 is 34.2 Å². The van der Waals surface area contributed by atoms with Crippen LogP contribution in [0.4, 0.5) is 24.5 Å². The van der Waals surface area contributed by atoms with Crippen molar-refractivity contribution in [3.05, 3.63) is 77.6 Å². The molecular weight excluding hydrogens is 465 g/mol. The van der Waals surface area contributed by atoms with Gasteiger partial charge in [-0.2, -0.15) is 0 Å². The van der Waals surface area contributed by atoms with Gasteiger partial charge in [0, 0.05) is 22.8 Å². The Morgan fingerprint density at radius 2 is 1.69 bits per heavy atom. The van der Waals surface area contributed by atoms with Gasteiger partial charge in [-0.05, 0) is 55.0 Å². The molecule has 0 saturated carbocycles. The van der Waals surface area contributed by atoms with Crippen LogP contribution in [-0.2, 0) is 0 Å². The average molecular weight is 484 g/mol. The Hall–Kier alpha value is -4.54. The van der Waals surface area contributed by atoms with Gasteiger partial charge in [0.1, 0.15) is 17.1 Å². The number of carbonyl (C=O) groups excluding carboxylic acids is 2. The summed E-state index contributed by atoms with van der Waals surface area (Å²) >= 11 is 0. The van der Waals surface area contributed by atoms with E-state index in [0.29, 0.717) is 16.9 Å². The maximum atomic E-state index is 12.9. The summed E-state index contributed by atoms with van der Waals surface area (Å²) < 4.78 is 46.7. The standard InChI is InChI=1S/C24H19F3N4O4/c1-13-3-4-15(10-18(13)22(32)31-16-9-14-7-8-28-21(14)29-12-16)30-23(33)19-11-17(35-24(25,26)27)5-6-20(19)34-2/h3-12H,1-2H3,(H,28,29)(H,30,33)(H,31,32). The van der Waals surface area contributed by atoms with Gasteiger partial charge >= 0.3 is 6.36 Å². The summed E-state index contributed by atoms with van der Waals surface area (Å²) in [6.07, 6.45) is -1.66. The van der Waals surface area contributed by atoms with Crippen LogP contribution in [0, 0.1) is 6.92 Å². The molecule has 3 N–H and O–H groups in total. The minimum Gasteiger partial charge on any atom is -0.496 e. The van der Waals surface area contributed by atoms with Crippen molar-refractivity contribution < 1.29 is 32.2 Å². The SMILES string of the molecule is COc1ccc(OC(F)(F)F)cc1C(=O)Nc1ccc(C)c(C(=O)Nc2cnc3[nH]ccc3c2)c1. The molecule has 4 aromatic rings. The number of alkyl halides is 3. The highest BCUT2D eigenvalue weighted by Gasteiger charge is 2.31. The Labute approximate surface area is 197 Å². The number of halogens is 3. The first-order valence-electron chi connectivity index (χ1n) is 10.2. The van der Waals surface area contributed by atoms with Crippen molar-refractivity contribution in [1.82, 2.24) is 9.97 Å². The zero-order valence-corrected chi connectivity index (χ0v) is 18.5. The molecule has 2 aromatic carbocycles. The summed E-state index contributed by atoms with van der Waals surface area (Å²) in [4.78, 5) is 32.9. The molecule has 0 atom stereocenters. The number of aromatic amines is 1. The third-order valence-corrected chi connectivity index (χ3v) is 5.05. The van der Waals surface area contributed by atoms with Crippen LogP contribution in [0.2, 0.25) is 0 Å². The second-order valence-electron chi connectivity index (χ2n) is 7.49. The van der Waals surface area contributed by atoms with E-state index in [9.17, 15) is 22.8 Å². The fourth-order valence-electron chi connectivity index (χ4n) is 3.41. The molecule has 2 heterocycles. The highest BCUT2D eigenvalue weighted by atomic mass is 19.4. The van der Waals surface area contributed by atoms with E-state index in [-0.39, 0.29) is 22.6 Å². The molecule has 11 heteroatoms. The minimum atomic E-state index is -4.91. The fraction of sp³-hybridized carbons (Fsp3) is 0.125. The van der Waals surface area contributed by atoms with Crippen molar-refractivity contribution in [2.24, 2.45) is 0 Å². The lowest BCUT2D eigenvalue weighted by Crippen LogP contribution is -2.19. The molecule has 0 saturated heterocycles. The van der Waals surface area contributed by atoms with Crippen LogP contribution in [0.3, 0.4) is 0 Å². The average Bonchev–Trinajstić information content (AvgIpc) is 3.27. The molecule has 2 amide bonds. The molecular formula is C24H19F3N4O4. The number of pyridine rings is 1. The number of hydrogen-bond acceptors (Lipinski definition) is 5. The van der Waals surface area contributed by atoms with Gasteiger partial charge in [-0.3, -0.25) is 9.59 Å². The first kappa shape index (κ1) is 23.6. The lowest BCUT2D eigenvalue weighted by molar-refractivity contribution is -0.274. The van der Waals surface area contributed by atoms with Crippen LogP contribution in [0.25, 0.3) is 11.0 Å². The second kappa shape index (κ2) is 9.37. The smallest absolute Gasteiger partial charge is 0.496 e. The molecule has 35 heavy (non-hydrogen) atoms. The zero-order valence-electron chi connectivity index (χ0n) is 18.5. The van der Waals surface area contributed by atoms with E-state index in [1.165, 1.54) is 25.4 Å².